The van der Waals surface area contributed by atoms with Gasteiger partial charge in [-0.05, 0) is 27.7 Å². The number of rotatable bonds is 2. The van der Waals surface area contributed by atoms with Crippen molar-refractivity contribution in [2.45, 2.75) is 58.3 Å². The Kier molecular flexibility index (Phi) is 3.86. The Hall–Kier alpha value is -1.44. The van der Waals surface area contributed by atoms with Gasteiger partial charge in [-0.2, -0.15) is 0 Å². The van der Waals surface area contributed by atoms with Crippen molar-refractivity contribution in [2.24, 2.45) is 0 Å². The first kappa shape index (κ1) is 15.0. The van der Waals surface area contributed by atoms with Gasteiger partial charge in [0.05, 0.1) is 5.60 Å². The average Bonchev–Trinajstić information content (AvgIpc) is 2.63. The molecule has 0 amide bonds. The van der Waals surface area contributed by atoms with E-state index in [0.717, 1.165) is 0 Å². The quantitative estimate of drug-likeness (QED) is 0.813. The molecule has 3 atom stereocenters. The molecule has 1 aromatic heterocycles. The minimum Gasteiger partial charge on any atom is -0.388 e. The predicted molar refractivity (Wildman–Crippen MR) is 71.4 cm³/mol. The fraction of sp³-hybridized carbons (Fsp3) is 0.692. The van der Waals surface area contributed by atoms with Crippen LogP contribution in [0.5, 0.6) is 0 Å². The van der Waals surface area contributed by atoms with E-state index in [1.54, 1.807) is 6.92 Å². The number of hydrogen-bond donors (Lipinski definition) is 2. The lowest BCUT2D eigenvalue weighted by Crippen LogP contribution is -2.35. The number of nitrogens with zero attached hydrogens (tertiary/aromatic N) is 1. The number of aryl methyl sites for hydroxylation is 1. The second-order valence-corrected chi connectivity index (χ2v) is 5.97. The molecule has 7 heteroatoms. The molecule has 1 fully saturated rings. The van der Waals surface area contributed by atoms with E-state index in [1.165, 1.54) is 10.8 Å². The molecule has 0 aromatic carbocycles. The summed E-state index contributed by atoms with van der Waals surface area (Å²) in [5.74, 6) is 0. The Bertz CT molecular complexity index is 598. The molecule has 0 radical (unpaired) electrons. The van der Waals surface area contributed by atoms with Crippen LogP contribution in [0.15, 0.2) is 15.8 Å². The van der Waals surface area contributed by atoms with Gasteiger partial charge in [0.25, 0.3) is 5.56 Å². The van der Waals surface area contributed by atoms with Crippen LogP contribution in [0.25, 0.3) is 0 Å². The molecule has 1 aliphatic heterocycles. The van der Waals surface area contributed by atoms with Crippen molar-refractivity contribution in [3.63, 3.8) is 0 Å². The highest BCUT2D eigenvalue weighted by atomic mass is 16.7. The van der Waals surface area contributed by atoms with Gasteiger partial charge in [0.2, 0.25) is 0 Å². The minimum atomic E-state index is -0.821. The van der Waals surface area contributed by atoms with Crippen LogP contribution in [0.1, 0.15) is 39.0 Å². The van der Waals surface area contributed by atoms with Crippen LogP contribution in [-0.2, 0) is 9.47 Å². The maximum Gasteiger partial charge on any atom is 0.330 e. The van der Waals surface area contributed by atoms with E-state index in [4.69, 9.17) is 9.47 Å². The second kappa shape index (κ2) is 5.16. The molecule has 2 N–H and O–H groups in total. The smallest absolute Gasteiger partial charge is 0.330 e. The molecular formula is C13H20N2O5. The Labute approximate surface area is 116 Å². The summed E-state index contributed by atoms with van der Waals surface area (Å²) in [4.78, 5) is 25.3. The van der Waals surface area contributed by atoms with Gasteiger partial charge < -0.3 is 14.6 Å². The largest absolute Gasteiger partial charge is 0.388 e. The minimum absolute atomic E-state index is 0.228. The van der Waals surface area contributed by atoms with E-state index in [9.17, 15) is 14.7 Å². The summed E-state index contributed by atoms with van der Waals surface area (Å²) in [7, 11) is 0. The zero-order chi connectivity index (χ0) is 15.1. The van der Waals surface area contributed by atoms with Crippen LogP contribution in [-0.4, -0.2) is 32.7 Å². The fourth-order valence-electron chi connectivity index (χ4n) is 2.05. The first-order chi connectivity index (χ1) is 9.17. The Morgan fingerprint density at radius 3 is 2.70 bits per heavy atom. The van der Waals surface area contributed by atoms with E-state index < -0.39 is 35.5 Å². The molecule has 0 unspecified atom stereocenters. The zero-order valence-corrected chi connectivity index (χ0v) is 12.0. The fourth-order valence-corrected chi connectivity index (χ4v) is 2.05. The number of aliphatic hydroxyl groups excluding tert-OH is 1. The van der Waals surface area contributed by atoms with Gasteiger partial charge in [-0.25, -0.2) is 4.79 Å². The van der Waals surface area contributed by atoms with Gasteiger partial charge in [-0.3, -0.25) is 14.3 Å². The van der Waals surface area contributed by atoms with Gasteiger partial charge in [0.1, 0.15) is 12.3 Å². The molecule has 2 heterocycles. The SMILES string of the molecule is Cc1cn([C@H]2C[C@H](O)[C@@H](OC(C)(C)C)O2)c(=O)[nH]c1=O. The van der Waals surface area contributed by atoms with Crippen molar-refractivity contribution >= 4 is 0 Å². The molecule has 0 aliphatic carbocycles. The Balaban J connectivity index is 2.22. The van der Waals surface area contributed by atoms with E-state index in [0.29, 0.717) is 5.56 Å². The summed E-state index contributed by atoms with van der Waals surface area (Å²) in [6.07, 6.45) is -0.609. The third-order valence-corrected chi connectivity index (χ3v) is 2.97. The normalized spacial score (nSPS) is 26.9. The molecule has 0 bridgehead atoms. The lowest BCUT2D eigenvalue weighted by molar-refractivity contribution is -0.220. The first-order valence-corrected chi connectivity index (χ1v) is 6.51. The molecule has 7 nitrogen and oxygen atoms in total. The average molecular weight is 284 g/mol. The van der Waals surface area contributed by atoms with Crippen molar-refractivity contribution in [2.75, 3.05) is 0 Å². The third-order valence-electron chi connectivity index (χ3n) is 2.97. The van der Waals surface area contributed by atoms with E-state index >= 15 is 0 Å². The molecule has 0 spiro atoms. The van der Waals surface area contributed by atoms with Crippen LogP contribution in [0, 0.1) is 6.92 Å². The van der Waals surface area contributed by atoms with Crippen LogP contribution in [0.3, 0.4) is 0 Å². The number of nitrogens with one attached hydrogen (secondary N) is 1. The molecule has 1 aliphatic rings. The number of H-pyrrole nitrogens is 1. The highest BCUT2D eigenvalue weighted by molar-refractivity contribution is 5.01. The number of aromatic nitrogens is 2. The summed E-state index contributed by atoms with van der Waals surface area (Å²) in [5, 5.41) is 9.96. The highest BCUT2D eigenvalue weighted by Crippen LogP contribution is 2.30. The van der Waals surface area contributed by atoms with Crippen molar-refractivity contribution < 1.29 is 14.6 Å². The number of aromatic amines is 1. The molecule has 1 saturated heterocycles. The summed E-state index contributed by atoms with van der Waals surface area (Å²) >= 11 is 0. The number of hydrogen-bond acceptors (Lipinski definition) is 5. The van der Waals surface area contributed by atoms with Gasteiger partial charge >= 0.3 is 5.69 Å². The van der Waals surface area contributed by atoms with Crippen LogP contribution in [0.2, 0.25) is 0 Å². The molecule has 112 valence electrons. The summed E-state index contributed by atoms with van der Waals surface area (Å²) in [5.41, 5.74) is -1.05. The van der Waals surface area contributed by atoms with Crippen molar-refractivity contribution in [3.8, 4) is 0 Å². The zero-order valence-electron chi connectivity index (χ0n) is 12.0. The topological polar surface area (TPSA) is 93.6 Å². The van der Waals surface area contributed by atoms with E-state index in [1.807, 2.05) is 20.8 Å². The van der Waals surface area contributed by atoms with Gasteiger partial charge in [-0.15, -0.1) is 0 Å². The first-order valence-electron chi connectivity index (χ1n) is 6.51. The van der Waals surface area contributed by atoms with Gasteiger partial charge in [0, 0.05) is 18.2 Å². The van der Waals surface area contributed by atoms with Gasteiger partial charge in [0.15, 0.2) is 6.29 Å². The van der Waals surface area contributed by atoms with E-state index in [2.05, 4.69) is 4.98 Å². The van der Waals surface area contributed by atoms with Crippen molar-refractivity contribution in [1.82, 2.24) is 9.55 Å². The Morgan fingerprint density at radius 1 is 1.45 bits per heavy atom. The van der Waals surface area contributed by atoms with Crippen LogP contribution in [0.4, 0.5) is 0 Å². The monoisotopic (exact) mass is 284 g/mol. The number of ether oxygens (including phenoxy) is 2. The molecule has 0 saturated carbocycles. The molecule has 2 rings (SSSR count). The Morgan fingerprint density at radius 2 is 2.10 bits per heavy atom. The van der Waals surface area contributed by atoms with Crippen molar-refractivity contribution in [1.29, 1.82) is 0 Å². The third kappa shape index (κ3) is 3.17. The van der Waals surface area contributed by atoms with Gasteiger partial charge in [-0.1, -0.05) is 0 Å². The lowest BCUT2D eigenvalue weighted by Gasteiger charge is -2.26. The maximum atomic E-state index is 11.8. The van der Waals surface area contributed by atoms with Crippen LogP contribution < -0.4 is 11.2 Å². The summed E-state index contributed by atoms with van der Waals surface area (Å²) in [6, 6.07) is 0. The number of aliphatic hydroxyl groups is 1. The predicted octanol–water partition coefficient (Wildman–Crippen LogP) is 0.266. The van der Waals surface area contributed by atoms with Crippen molar-refractivity contribution in [3.05, 3.63) is 32.6 Å². The summed E-state index contributed by atoms with van der Waals surface area (Å²) in [6.45, 7) is 7.16. The highest BCUT2D eigenvalue weighted by Gasteiger charge is 2.38. The maximum absolute atomic E-state index is 11.8. The second-order valence-electron chi connectivity index (χ2n) is 5.97. The van der Waals surface area contributed by atoms with Crippen LogP contribution >= 0.6 is 0 Å². The molecule has 1 aromatic rings. The lowest BCUT2D eigenvalue weighted by atomic mass is 10.2. The molecule has 20 heavy (non-hydrogen) atoms. The van der Waals surface area contributed by atoms with E-state index in [-0.39, 0.29) is 6.42 Å². The molecular weight excluding hydrogens is 264 g/mol. The summed E-state index contributed by atoms with van der Waals surface area (Å²) < 4.78 is 12.4. The standard InChI is InChI=1S/C13H20N2O5/c1-7-6-15(12(18)14-10(7)17)9-5-8(16)11(19-9)20-13(2,3)4/h6,8-9,11,16H,5H2,1-4H3,(H,14,17,18)/t8-,9+,11+/m0/s1.